The molecule has 0 spiro atoms. The summed E-state index contributed by atoms with van der Waals surface area (Å²) < 4.78 is 0. The molecule has 3 fully saturated rings. The number of aromatic nitrogens is 2. The second-order valence-corrected chi connectivity index (χ2v) is 9.47. The van der Waals surface area contributed by atoms with E-state index in [9.17, 15) is 0 Å². The van der Waals surface area contributed by atoms with Gasteiger partial charge in [-0.05, 0) is 63.1 Å². The van der Waals surface area contributed by atoms with Gasteiger partial charge >= 0.3 is 0 Å². The Bertz CT molecular complexity index is 676. The monoisotopic (exact) mass is 416 g/mol. The largest absolute Gasteiger partial charge is 0.360 e. The molecular weight excluding hydrogens is 380 g/mol. The highest BCUT2D eigenvalue weighted by Crippen LogP contribution is 2.27. The molecule has 0 bridgehead atoms. The first kappa shape index (κ1) is 20.6. The molecule has 0 unspecified atom stereocenters. The highest BCUT2D eigenvalue weighted by atomic mass is 32.1. The number of anilines is 3. The molecule has 1 saturated carbocycles. The third-order valence-corrected chi connectivity index (χ3v) is 6.87. The summed E-state index contributed by atoms with van der Waals surface area (Å²) in [7, 11) is 0. The van der Waals surface area contributed by atoms with Crippen molar-refractivity contribution in [3.05, 3.63) is 6.07 Å². The van der Waals surface area contributed by atoms with E-state index in [0.717, 1.165) is 43.7 Å². The predicted molar refractivity (Wildman–Crippen MR) is 125 cm³/mol. The summed E-state index contributed by atoms with van der Waals surface area (Å²) in [5, 5.41) is 7.44. The zero-order valence-electron chi connectivity index (χ0n) is 17.8. The summed E-state index contributed by atoms with van der Waals surface area (Å²) in [5.74, 6) is 3.52. The van der Waals surface area contributed by atoms with Gasteiger partial charge in [-0.25, -0.2) is 0 Å². The van der Waals surface area contributed by atoms with Crippen LogP contribution in [0.1, 0.15) is 71.1 Å². The number of thiocarbonyl (C=S) groups is 1. The van der Waals surface area contributed by atoms with Gasteiger partial charge in [0.15, 0.2) is 5.11 Å². The Balaban J connectivity index is 1.49. The minimum Gasteiger partial charge on any atom is -0.360 e. The van der Waals surface area contributed by atoms with E-state index in [4.69, 9.17) is 22.2 Å². The third-order valence-electron chi connectivity index (χ3n) is 6.65. The molecule has 3 aliphatic rings. The maximum atomic E-state index is 5.60. The topological polar surface area (TPSA) is 56.3 Å². The fourth-order valence-electron chi connectivity index (χ4n) is 4.73. The van der Waals surface area contributed by atoms with E-state index >= 15 is 0 Å². The Labute approximate surface area is 180 Å². The van der Waals surface area contributed by atoms with Crippen LogP contribution in [0, 0.1) is 5.92 Å². The van der Waals surface area contributed by atoms with Crippen LogP contribution >= 0.6 is 12.2 Å². The molecule has 2 N–H and O–H groups in total. The van der Waals surface area contributed by atoms with E-state index in [1.165, 1.54) is 64.2 Å². The Kier molecular flexibility index (Phi) is 7.06. The molecule has 2 saturated heterocycles. The summed E-state index contributed by atoms with van der Waals surface area (Å²) >= 11 is 5.60. The second kappa shape index (κ2) is 9.92. The molecule has 29 heavy (non-hydrogen) atoms. The van der Waals surface area contributed by atoms with Gasteiger partial charge in [0.25, 0.3) is 0 Å². The fourth-order valence-corrected chi connectivity index (χ4v) is 4.99. The lowest BCUT2D eigenvalue weighted by Gasteiger charge is -2.33. The number of piperidine rings is 2. The first-order valence-corrected chi connectivity index (χ1v) is 12.0. The van der Waals surface area contributed by atoms with Crippen molar-refractivity contribution in [3.63, 3.8) is 0 Å². The van der Waals surface area contributed by atoms with Crippen molar-refractivity contribution in [2.24, 2.45) is 5.92 Å². The van der Waals surface area contributed by atoms with Gasteiger partial charge in [0.05, 0.1) is 0 Å². The highest BCUT2D eigenvalue weighted by Gasteiger charge is 2.21. The SMILES string of the molecule is CC1CCN(c2cc(N3CCCCC3)nc(NC(=S)NC3CCCCC3)n2)CC1. The van der Waals surface area contributed by atoms with Crippen LogP contribution in [-0.2, 0) is 0 Å². The van der Waals surface area contributed by atoms with Crippen LogP contribution in [-0.4, -0.2) is 47.3 Å². The van der Waals surface area contributed by atoms with Crippen LogP contribution in [0.4, 0.5) is 17.6 Å². The Morgan fingerprint density at radius 3 is 2.10 bits per heavy atom. The summed E-state index contributed by atoms with van der Waals surface area (Å²) in [4.78, 5) is 14.5. The quantitative estimate of drug-likeness (QED) is 0.709. The van der Waals surface area contributed by atoms with Crippen LogP contribution in [0.2, 0.25) is 0 Å². The van der Waals surface area contributed by atoms with Crippen molar-refractivity contribution >= 4 is 34.9 Å². The first-order valence-electron chi connectivity index (χ1n) is 11.6. The zero-order chi connectivity index (χ0) is 20.1. The van der Waals surface area contributed by atoms with Gasteiger partial charge < -0.3 is 20.4 Å². The summed E-state index contributed by atoms with van der Waals surface area (Å²) in [6.07, 6.45) is 12.6. The maximum Gasteiger partial charge on any atom is 0.232 e. The molecule has 160 valence electrons. The smallest absolute Gasteiger partial charge is 0.232 e. The minimum absolute atomic E-state index is 0.483. The highest BCUT2D eigenvalue weighted by molar-refractivity contribution is 7.80. The van der Waals surface area contributed by atoms with Gasteiger partial charge in [0.1, 0.15) is 11.6 Å². The molecule has 7 heteroatoms. The molecule has 3 heterocycles. The number of nitrogens with one attached hydrogen (secondary N) is 2. The molecule has 4 rings (SSSR count). The average Bonchev–Trinajstić information content (AvgIpc) is 2.75. The molecule has 6 nitrogen and oxygen atoms in total. The number of hydrogen-bond donors (Lipinski definition) is 2. The van der Waals surface area contributed by atoms with E-state index in [-0.39, 0.29) is 0 Å². The molecule has 0 radical (unpaired) electrons. The van der Waals surface area contributed by atoms with Crippen molar-refractivity contribution < 1.29 is 0 Å². The normalized spacial score (nSPS) is 21.8. The van der Waals surface area contributed by atoms with Gasteiger partial charge in [-0.15, -0.1) is 0 Å². The van der Waals surface area contributed by atoms with Crippen molar-refractivity contribution in [1.82, 2.24) is 15.3 Å². The van der Waals surface area contributed by atoms with Gasteiger partial charge in [0, 0.05) is 38.3 Å². The standard InChI is InChI=1S/C22H36N6S/c1-17-10-14-28(15-11-17)20-16-19(27-12-6-3-7-13-27)24-21(25-20)26-22(29)23-18-8-4-2-5-9-18/h16-18H,2-15H2,1H3,(H2,23,24,25,26,29). The fraction of sp³-hybridized carbons (Fsp3) is 0.773. The van der Waals surface area contributed by atoms with Gasteiger partial charge in [-0.2, -0.15) is 9.97 Å². The Hall–Kier alpha value is -1.63. The van der Waals surface area contributed by atoms with Crippen LogP contribution in [0.5, 0.6) is 0 Å². The molecule has 1 aliphatic carbocycles. The van der Waals surface area contributed by atoms with E-state index in [1.807, 2.05) is 0 Å². The lowest BCUT2D eigenvalue weighted by Crippen LogP contribution is -2.39. The van der Waals surface area contributed by atoms with Crippen molar-refractivity contribution in [2.75, 3.05) is 41.3 Å². The molecule has 1 aromatic heterocycles. The van der Waals surface area contributed by atoms with E-state index in [2.05, 4.69) is 33.4 Å². The lowest BCUT2D eigenvalue weighted by atomic mass is 9.96. The van der Waals surface area contributed by atoms with Crippen molar-refractivity contribution in [1.29, 1.82) is 0 Å². The minimum atomic E-state index is 0.483. The number of hydrogen-bond acceptors (Lipinski definition) is 5. The molecule has 2 aliphatic heterocycles. The van der Waals surface area contributed by atoms with Gasteiger partial charge in [-0.3, -0.25) is 0 Å². The van der Waals surface area contributed by atoms with E-state index < -0.39 is 0 Å². The molecule has 0 atom stereocenters. The maximum absolute atomic E-state index is 5.60. The van der Waals surface area contributed by atoms with E-state index in [1.54, 1.807) is 0 Å². The first-order chi connectivity index (χ1) is 14.2. The van der Waals surface area contributed by atoms with Crippen LogP contribution in [0.15, 0.2) is 6.07 Å². The zero-order valence-corrected chi connectivity index (χ0v) is 18.6. The number of rotatable bonds is 4. The van der Waals surface area contributed by atoms with Crippen molar-refractivity contribution in [3.8, 4) is 0 Å². The Morgan fingerprint density at radius 1 is 0.862 bits per heavy atom. The summed E-state index contributed by atoms with van der Waals surface area (Å²) in [5.41, 5.74) is 0. The van der Waals surface area contributed by atoms with Gasteiger partial charge in [-0.1, -0.05) is 26.2 Å². The summed E-state index contributed by atoms with van der Waals surface area (Å²) in [6.45, 7) is 6.65. The molecular formula is C22H36N6S. The van der Waals surface area contributed by atoms with E-state index in [0.29, 0.717) is 17.1 Å². The Morgan fingerprint density at radius 2 is 1.45 bits per heavy atom. The molecule has 0 aromatic carbocycles. The van der Waals surface area contributed by atoms with Crippen LogP contribution < -0.4 is 20.4 Å². The predicted octanol–water partition coefficient (Wildman–Crippen LogP) is 4.32. The lowest BCUT2D eigenvalue weighted by molar-refractivity contribution is 0.414. The van der Waals surface area contributed by atoms with Gasteiger partial charge in [0.2, 0.25) is 5.95 Å². The van der Waals surface area contributed by atoms with Crippen LogP contribution in [0.25, 0.3) is 0 Å². The third kappa shape index (κ3) is 5.71. The molecule has 1 aromatic rings. The summed E-state index contributed by atoms with van der Waals surface area (Å²) in [6, 6.07) is 2.67. The van der Waals surface area contributed by atoms with Crippen molar-refractivity contribution in [2.45, 2.75) is 77.2 Å². The second-order valence-electron chi connectivity index (χ2n) is 9.06. The number of nitrogens with zero attached hydrogens (tertiary/aromatic N) is 4. The average molecular weight is 417 g/mol. The van der Waals surface area contributed by atoms with Crippen LogP contribution in [0.3, 0.4) is 0 Å². The molecule has 0 amide bonds.